The summed E-state index contributed by atoms with van der Waals surface area (Å²) in [6.45, 7) is 1.97. The number of sulfone groups is 1. The zero-order valence-electron chi connectivity index (χ0n) is 13.4. The lowest BCUT2D eigenvalue weighted by Crippen LogP contribution is -2.23. The molecule has 0 aromatic heterocycles. The van der Waals surface area contributed by atoms with Gasteiger partial charge in [0.25, 0.3) is 0 Å². The first-order chi connectivity index (χ1) is 11.8. The highest BCUT2D eigenvalue weighted by molar-refractivity contribution is 7.92. The van der Waals surface area contributed by atoms with Crippen molar-refractivity contribution in [2.24, 2.45) is 0 Å². The average Bonchev–Trinajstić information content (AvgIpc) is 2.55. The van der Waals surface area contributed by atoms with Gasteiger partial charge in [-0.3, -0.25) is 4.79 Å². The molecule has 2 aromatic carbocycles. The van der Waals surface area contributed by atoms with E-state index in [1.807, 2.05) is 0 Å². The van der Waals surface area contributed by atoms with Crippen LogP contribution in [0.3, 0.4) is 0 Å². The minimum absolute atomic E-state index is 0.0182. The molecule has 0 aliphatic heterocycles. The van der Waals surface area contributed by atoms with Gasteiger partial charge < -0.3 is 10.1 Å². The van der Waals surface area contributed by atoms with Crippen LogP contribution in [-0.4, -0.2) is 32.7 Å². The van der Waals surface area contributed by atoms with E-state index in [0.717, 1.165) is 0 Å². The van der Waals surface area contributed by atoms with E-state index >= 15 is 0 Å². The second-order valence-electron chi connectivity index (χ2n) is 5.06. The number of hydrogen-bond donors (Lipinski definition) is 1. The van der Waals surface area contributed by atoms with Gasteiger partial charge in [0.1, 0.15) is 5.75 Å². The second-order valence-corrected chi connectivity index (χ2v) is 7.49. The highest BCUT2D eigenvalue weighted by Gasteiger charge is 2.19. The Kier molecular flexibility index (Phi) is 6.17. The van der Waals surface area contributed by atoms with Gasteiger partial charge in [0.15, 0.2) is 9.84 Å². The Morgan fingerprint density at radius 2 is 1.64 bits per heavy atom. The molecule has 0 bridgehead atoms. The lowest BCUT2D eigenvalue weighted by molar-refractivity contribution is -0.113. The Hall–Kier alpha value is -2.38. The first-order valence-electron chi connectivity index (χ1n) is 7.37. The van der Waals surface area contributed by atoms with Crippen molar-refractivity contribution in [1.29, 1.82) is 0 Å². The number of nitrogens with one attached hydrogen (secondary N) is 1. The number of carbonyl (C=O) groups is 2. The molecule has 0 aliphatic rings. The van der Waals surface area contributed by atoms with Crippen LogP contribution in [0.2, 0.25) is 5.02 Å². The van der Waals surface area contributed by atoms with Crippen LogP contribution in [0.5, 0.6) is 0 Å². The molecule has 0 radical (unpaired) electrons. The molecule has 0 saturated carbocycles. The molecule has 0 spiro atoms. The number of anilines is 1. The van der Waals surface area contributed by atoms with Crippen molar-refractivity contribution in [3.63, 3.8) is 0 Å². The Bertz CT molecular complexity index is 861. The fraction of sp³-hybridized carbons (Fsp3) is 0.176. The van der Waals surface area contributed by atoms with Crippen molar-refractivity contribution in [2.75, 3.05) is 17.7 Å². The van der Waals surface area contributed by atoms with Crippen LogP contribution in [0.1, 0.15) is 17.3 Å². The summed E-state index contributed by atoms with van der Waals surface area (Å²) in [5.41, 5.74) is 0.720. The zero-order valence-corrected chi connectivity index (χ0v) is 14.9. The smallest absolute Gasteiger partial charge is 0.338 e. The third-order valence-corrected chi connectivity index (χ3v) is 5.06. The number of benzene rings is 2. The largest absolute Gasteiger partial charge is 0.462 e. The number of halogens is 1. The van der Waals surface area contributed by atoms with E-state index in [2.05, 4.69) is 5.32 Å². The highest BCUT2D eigenvalue weighted by Crippen LogP contribution is 2.16. The van der Waals surface area contributed by atoms with Crippen LogP contribution in [-0.2, 0) is 19.4 Å². The van der Waals surface area contributed by atoms with E-state index in [1.165, 1.54) is 48.5 Å². The number of ether oxygens (including phenoxy) is 1. The van der Waals surface area contributed by atoms with Gasteiger partial charge in [-0.05, 0) is 55.5 Å². The van der Waals surface area contributed by atoms with Crippen LogP contribution in [0.25, 0.3) is 0 Å². The normalized spacial score (nSPS) is 11.0. The van der Waals surface area contributed by atoms with Gasteiger partial charge in [0.2, 0.25) is 5.91 Å². The fourth-order valence-electron chi connectivity index (χ4n) is 2.00. The maximum absolute atomic E-state index is 12.2. The van der Waals surface area contributed by atoms with E-state index in [9.17, 15) is 18.0 Å². The molecule has 25 heavy (non-hydrogen) atoms. The van der Waals surface area contributed by atoms with Gasteiger partial charge in [0, 0.05) is 10.7 Å². The quantitative estimate of drug-likeness (QED) is 0.777. The number of amides is 1. The molecule has 2 aromatic rings. The molecular formula is C17H16ClNO5S. The summed E-state index contributed by atoms with van der Waals surface area (Å²) in [6.07, 6.45) is 0. The van der Waals surface area contributed by atoms with Gasteiger partial charge in [0.05, 0.1) is 17.1 Å². The molecule has 0 saturated heterocycles. The molecule has 132 valence electrons. The van der Waals surface area contributed by atoms with E-state index in [0.29, 0.717) is 16.3 Å². The molecule has 1 N–H and O–H groups in total. The van der Waals surface area contributed by atoms with Crippen LogP contribution in [0.15, 0.2) is 53.4 Å². The summed E-state index contributed by atoms with van der Waals surface area (Å²) in [7, 11) is -3.77. The first-order valence-corrected chi connectivity index (χ1v) is 9.40. The third-order valence-electron chi connectivity index (χ3n) is 3.17. The number of rotatable bonds is 6. The van der Waals surface area contributed by atoms with Crippen molar-refractivity contribution in [2.45, 2.75) is 11.8 Å². The molecule has 0 aliphatic carbocycles. The predicted octanol–water partition coefficient (Wildman–Crippen LogP) is 2.93. The van der Waals surface area contributed by atoms with E-state index in [1.54, 1.807) is 6.92 Å². The van der Waals surface area contributed by atoms with Crippen LogP contribution in [0.4, 0.5) is 5.69 Å². The summed E-state index contributed by atoms with van der Waals surface area (Å²) in [5, 5.41) is 2.89. The third kappa shape index (κ3) is 5.30. The van der Waals surface area contributed by atoms with Crippen LogP contribution >= 0.6 is 11.6 Å². The van der Waals surface area contributed by atoms with Crippen molar-refractivity contribution in [3.8, 4) is 0 Å². The van der Waals surface area contributed by atoms with Gasteiger partial charge in [-0.1, -0.05) is 11.6 Å². The lowest BCUT2D eigenvalue weighted by atomic mass is 10.2. The minimum Gasteiger partial charge on any atom is -0.462 e. The summed E-state index contributed by atoms with van der Waals surface area (Å²) in [6, 6.07) is 11.6. The maximum Gasteiger partial charge on any atom is 0.338 e. The summed E-state index contributed by atoms with van der Waals surface area (Å²) in [4.78, 5) is 23.5. The van der Waals surface area contributed by atoms with Crippen molar-refractivity contribution < 1.29 is 22.7 Å². The van der Waals surface area contributed by atoms with Crippen molar-refractivity contribution in [1.82, 2.24) is 0 Å². The summed E-state index contributed by atoms with van der Waals surface area (Å²) < 4.78 is 29.2. The summed E-state index contributed by atoms with van der Waals surface area (Å²) >= 11 is 5.72. The topological polar surface area (TPSA) is 89.5 Å². The van der Waals surface area contributed by atoms with Crippen molar-refractivity contribution in [3.05, 3.63) is 59.1 Å². The van der Waals surface area contributed by atoms with Gasteiger partial charge in [-0.25, -0.2) is 13.2 Å². The molecular weight excluding hydrogens is 366 g/mol. The molecule has 6 nitrogen and oxygen atoms in total. The Morgan fingerprint density at radius 3 is 2.20 bits per heavy atom. The monoisotopic (exact) mass is 381 g/mol. The molecule has 0 atom stereocenters. The lowest BCUT2D eigenvalue weighted by Gasteiger charge is -2.07. The molecule has 0 heterocycles. The van der Waals surface area contributed by atoms with Crippen LogP contribution in [0, 0.1) is 0 Å². The molecule has 0 fully saturated rings. The Morgan fingerprint density at radius 1 is 1.04 bits per heavy atom. The second kappa shape index (κ2) is 8.13. The molecule has 0 unspecified atom stereocenters. The molecule has 2 rings (SSSR count). The number of esters is 1. The van der Waals surface area contributed by atoms with E-state index < -0.39 is 27.5 Å². The zero-order chi connectivity index (χ0) is 18.4. The van der Waals surface area contributed by atoms with E-state index in [4.69, 9.17) is 16.3 Å². The van der Waals surface area contributed by atoms with Gasteiger partial charge in [-0.2, -0.15) is 0 Å². The Labute approximate surface area is 150 Å². The molecule has 1 amide bonds. The molecule has 8 heteroatoms. The standard InChI is InChI=1S/C17H16ClNO5S/c1-2-24-17(21)12-3-7-14(8-4-12)19-16(20)11-25(22,23)15-9-5-13(18)6-10-15/h3-10H,2,11H2,1H3,(H,19,20). The number of hydrogen-bond acceptors (Lipinski definition) is 5. The van der Waals surface area contributed by atoms with Crippen LogP contribution < -0.4 is 5.32 Å². The minimum atomic E-state index is -3.77. The van der Waals surface area contributed by atoms with Crippen molar-refractivity contribution >= 4 is 39.0 Å². The fourth-order valence-corrected chi connectivity index (χ4v) is 3.26. The Balaban J connectivity index is 2.02. The predicted molar refractivity (Wildman–Crippen MR) is 94.5 cm³/mol. The summed E-state index contributed by atoms with van der Waals surface area (Å²) in [5.74, 6) is -1.85. The van der Waals surface area contributed by atoms with Gasteiger partial charge >= 0.3 is 5.97 Å². The van der Waals surface area contributed by atoms with E-state index in [-0.39, 0.29) is 11.5 Å². The average molecular weight is 382 g/mol. The number of carbonyl (C=O) groups excluding carboxylic acids is 2. The maximum atomic E-state index is 12.2. The highest BCUT2D eigenvalue weighted by atomic mass is 35.5. The van der Waals surface area contributed by atoms with Gasteiger partial charge in [-0.15, -0.1) is 0 Å². The first kappa shape index (κ1) is 19.0. The SMILES string of the molecule is CCOC(=O)c1ccc(NC(=O)CS(=O)(=O)c2ccc(Cl)cc2)cc1.